The van der Waals surface area contributed by atoms with E-state index in [1.807, 2.05) is 6.92 Å². The van der Waals surface area contributed by atoms with Gasteiger partial charge in [-0.3, -0.25) is 0 Å². The van der Waals surface area contributed by atoms with Gasteiger partial charge in [0.25, 0.3) is 0 Å². The van der Waals surface area contributed by atoms with Crippen LogP contribution in [0, 0.1) is 0 Å². The predicted molar refractivity (Wildman–Crippen MR) is 44.7 cm³/mol. The van der Waals surface area contributed by atoms with Gasteiger partial charge in [0.1, 0.15) is 0 Å². The first-order chi connectivity index (χ1) is 4.74. The van der Waals surface area contributed by atoms with Crippen LogP contribution in [0.25, 0.3) is 0 Å². The normalized spacial score (nSPS) is 13.6. The number of hydrogen-bond acceptors (Lipinski definition) is 3. The summed E-state index contributed by atoms with van der Waals surface area (Å²) in [7, 11) is -2.05. The molecule has 0 bridgehead atoms. The third-order valence-electron chi connectivity index (χ3n) is 1.79. The molecule has 0 atom stereocenters. The third-order valence-corrected chi connectivity index (χ3v) is 5.36. The van der Waals surface area contributed by atoms with Crippen molar-refractivity contribution in [3.8, 4) is 0 Å². The van der Waals surface area contributed by atoms with E-state index in [1.165, 1.54) is 0 Å². The quantitative estimate of drug-likeness (QED) is 0.506. The molecule has 0 fully saturated rings. The molecule has 0 aliphatic rings. The molecule has 4 heteroatoms. The van der Waals surface area contributed by atoms with E-state index < -0.39 is 7.26 Å². The monoisotopic (exact) mass is 168 g/mol. The molecule has 10 heavy (non-hydrogen) atoms. The Morgan fingerprint density at radius 1 is 1.00 bits per heavy atom. The zero-order chi connectivity index (χ0) is 8.04. The standard InChI is InChI=1S/C6H17O3P/c1-2-3-10(4-7,5-8)6-9/h7-10H,2-6H2,1H3. The third kappa shape index (κ3) is 2.51. The van der Waals surface area contributed by atoms with E-state index in [1.54, 1.807) is 0 Å². The number of aliphatic hydroxyl groups is 3. The predicted octanol–water partition coefficient (Wildman–Crippen LogP) is -0.00430. The zero-order valence-electron chi connectivity index (χ0n) is 6.38. The van der Waals surface area contributed by atoms with Crippen molar-refractivity contribution in [1.29, 1.82) is 0 Å². The Balaban J connectivity index is 3.87. The van der Waals surface area contributed by atoms with E-state index in [2.05, 4.69) is 0 Å². The summed E-state index contributed by atoms with van der Waals surface area (Å²) in [5.74, 6) is 0. The van der Waals surface area contributed by atoms with Gasteiger partial charge in [-0.2, -0.15) is 0 Å². The molecule has 0 aliphatic carbocycles. The molecule has 0 aromatic rings. The van der Waals surface area contributed by atoms with Crippen molar-refractivity contribution in [2.75, 3.05) is 25.2 Å². The molecule has 0 unspecified atom stereocenters. The average molecular weight is 168 g/mol. The molecule has 0 saturated carbocycles. The van der Waals surface area contributed by atoms with Gasteiger partial charge in [-0.05, 0) is 0 Å². The second-order valence-electron chi connectivity index (χ2n) is 2.72. The summed E-state index contributed by atoms with van der Waals surface area (Å²) in [4.78, 5) is 0. The van der Waals surface area contributed by atoms with Crippen LogP contribution in [0.15, 0.2) is 0 Å². The number of aliphatic hydroxyl groups excluding tert-OH is 3. The van der Waals surface area contributed by atoms with Crippen molar-refractivity contribution >= 4 is 7.26 Å². The molecule has 0 saturated heterocycles. The van der Waals surface area contributed by atoms with Crippen LogP contribution in [0.2, 0.25) is 0 Å². The summed E-state index contributed by atoms with van der Waals surface area (Å²) in [6.45, 7) is 1.99. The van der Waals surface area contributed by atoms with Crippen LogP contribution >= 0.6 is 7.26 Å². The second-order valence-corrected chi connectivity index (χ2v) is 7.17. The molecule has 0 rings (SSSR count). The van der Waals surface area contributed by atoms with Crippen molar-refractivity contribution in [2.24, 2.45) is 0 Å². The molecule has 64 valence electrons. The zero-order valence-corrected chi connectivity index (χ0v) is 7.38. The molecule has 0 radical (unpaired) electrons. The molecule has 0 spiro atoms. The van der Waals surface area contributed by atoms with Gasteiger partial charge in [0.05, 0.1) is 0 Å². The van der Waals surface area contributed by atoms with E-state index >= 15 is 0 Å². The van der Waals surface area contributed by atoms with E-state index in [4.69, 9.17) is 15.3 Å². The molecular formula is C6H17O3P. The van der Waals surface area contributed by atoms with Gasteiger partial charge in [-0.25, -0.2) is 0 Å². The van der Waals surface area contributed by atoms with E-state index in [0.717, 1.165) is 12.6 Å². The maximum atomic E-state index is 8.85. The first-order valence-electron chi connectivity index (χ1n) is 3.57. The fourth-order valence-electron chi connectivity index (χ4n) is 0.918. The Kier molecular flexibility index (Phi) is 5.18. The first-order valence-corrected chi connectivity index (χ1v) is 6.40. The molecule has 0 amide bonds. The second kappa shape index (κ2) is 5.03. The molecule has 3 nitrogen and oxygen atoms in total. The van der Waals surface area contributed by atoms with Crippen LogP contribution in [0.4, 0.5) is 0 Å². The van der Waals surface area contributed by atoms with Crippen molar-refractivity contribution in [1.82, 2.24) is 0 Å². The van der Waals surface area contributed by atoms with Crippen LogP contribution in [-0.2, 0) is 0 Å². The summed E-state index contributed by atoms with van der Waals surface area (Å²) in [6.07, 6.45) is 1.71. The SMILES string of the molecule is CCC[PH](CO)(CO)CO. The van der Waals surface area contributed by atoms with E-state index in [0.29, 0.717) is 0 Å². The molecule has 0 aromatic carbocycles. The van der Waals surface area contributed by atoms with Gasteiger partial charge < -0.3 is 0 Å². The molecule has 0 aromatic heterocycles. The Labute approximate surface area is 62.0 Å². The Morgan fingerprint density at radius 2 is 1.40 bits per heavy atom. The Bertz CT molecular complexity index is 74.8. The molecular weight excluding hydrogens is 151 g/mol. The van der Waals surface area contributed by atoms with Gasteiger partial charge in [0, 0.05) is 0 Å². The van der Waals surface area contributed by atoms with Crippen LogP contribution in [0.3, 0.4) is 0 Å². The summed E-state index contributed by atoms with van der Waals surface area (Å²) in [6, 6.07) is 0. The van der Waals surface area contributed by atoms with Gasteiger partial charge in [-0.1, -0.05) is 0 Å². The van der Waals surface area contributed by atoms with Gasteiger partial charge in [0.2, 0.25) is 0 Å². The summed E-state index contributed by atoms with van der Waals surface area (Å²) < 4.78 is 0. The van der Waals surface area contributed by atoms with Gasteiger partial charge >= 0.3 is 61.1 Å². The number of hydrogen-bond donors (Lipinski definition) is 3. The summed E-state index contributed by atoms with van der Waals surface area (Å²) in [5, 5.41) is 26.5. The summed E-state index contributed by atoms with van der Waals surface area (Å²) in [5.41, 5.74) is 0. The van der Waals surface area contributed by atoms with Gasteiger partial charge in [0.15, 0.2) is 0 Å². The Morgan fingerprint density at radius 3 is 1.50 bits per heavy atom. The van der Waals surface area contributed by atoms with Crippen LogP contribution in [-0.4, -0.2) is 40.5 Å². The first kappa shape index (κ1) is 10.3. The minimum atomic E-state index is -2.05. The fraction of sp³-hybridized carbons (Fsp3) is 1.00. The van der Waals surface area contributed by atoms with E-state index in [9.17, 15) is 0 Å². The Hall–Kier alpha value is 0.310. The van der Waals surface area contributed by atoms with Crippen LogP contribution < -0.4 is 0 Å². The molecule has 0 aliphatic heterocycles. The minimum absolute atomic E-state index is 0.00611. The number of rotatable bonds is 5. The maximum absolute atomic E-state index is 8.85. The molecule has 0 heterocycles. The average Bonchev–Trinajstić information content (AvgIpc) is 2.01. The topological polar surface area (TPSA) is 60.7 Å². The van der Waals surface area contributed by atoms with Crippen LogP contribution in [0.1, 0.15) is 13.3 Å². The van der Waals surface area contributed by atoms with E-state index in [-0.39, 0.29) is 19.0 Å². The van der Waals surface area contributed by atoms with Crippen LogP contribution in [0.5, 0.6) is 0 Å². The fourth-order valence-corrected chi connectivity index (χ4v) is 2.75. The molecule has 3 N–H and O–H groups in total. The van der Waals surface area contributed by atoms with Crippen molar-refractivity contribution in [3.63, 3.8) is 0 Å². The van der Waals surface area contributed by atoms with Gasteiger partial charge in [-0.15, -0.1) is 0 Å². The van der Waals surface area contributed by atoms with Crippen molar-refractivity contribution < 1.29 is 15.3 Å². The van der Waals surface area contributed by atoms with Crippen molar-refractivity contribution in [3.05, 3.63) is 0 Å². The summed E-state index contributed by atoms with van der Waals surface area (Å²) >= 11 is 0. The van der Waals surface area contributed by atoms with Crippen molar-refractivity contribution in [2.45, 2.75) is 13.3 Å².